The molecule has 0 radical (unpaired) electrons. The monoisotopic (exact) mass is 392 g/mol. The zero-order chi connectivity index (χ0) is 20.3. The molecule has 2 aromatic carbocycles. The molecule has 5 nitrogen and oxygen atoms in total. The number of likely N-dealkylation sites (tertiary alicyclic amines) is 1. The molecule has 0 bridgehead atoms. The maximum atomic E-state index is 13.1. The number of anilines is 1. The van der Waals surface area contributed by atoms with E-state index in [1.165, 1.54) is 17.7 Å². The highest BCUT2D eigenvalue weighted by molar-refractivity contribution is 5.59. The number of hydrogen-bond acceptors (Lipinski definition) is 5. The third-order valence-electron chi connectivity index (χ3n) is 5.37. The highest BCUT2D eigenvalue weighted by Gasteiger charge is 2.37. The van der Waals surface area contributed by atoms with E-state index in [-0.39, 0.29) is 5.82 Å². The number of halogens is 1. The van der Waals surface area contributed by atoms with Gasteiger partial charge in [0.05, 0.1) is 11.3 Å². The minimum absolute atomic E-state index is 0.274. The summed E-state index contributed by atoms with van der Waals surface area (Å²) in [7, 11) is 1.92. The van der Waals surface area contributed by atoms with Crippen LogP contribution in [0.5, 0.6) is 0 Å². The Kier molecular flexibility index (Phi) is 5.56. The summed E-state index contributed by atoms with van der Waals surface area (Å²) in [5.74, 6) is 0.426. The summed E-state index contributed by atoms with van der Waals surface area (Å²) >= 11 is 0. The molecule has 6 heteroatoms. The van der Waals surface area contributed by atoms with Crippen molar-refractivity contribution in [3.63, 3.8) is 0 Å². The van der Waals surface area contributed by atoms with Gasteiger partial charge >= 0.3 is 0 Å². The average molecular weight is 392 g/mol. The van der Waals surface area contributed by atoms with E-state index in [4.69, 9.17) is 0 Å². The third kappa shape index (κ3) is 4.78. The standard InChI is InChI=1S/C23H25FN4O/c1-27(22-12-11-21(25-26-22)19-7-9-20(24)10-8-19)16-23(29)13-14-28(17-23)15-18-5-3-2-4-6-18/h2-12,29H,13-17H2,1H3. The highest BCUT2D eigenvalue weighted by Crippen LogP contribution is 2.26. The Morgan fingerprint density at radius 2 is 1.79 bits per heavy atom. The molecule has 1 aliphatic heterocycles. The number of nitrogens with zero attached hydrogens (tertiary/aromatic N) is 4. The predicted molar refractivity (Wildman–Crippen MR) is 112 cm³/mol. The van der Waals surface area contributed by atoms with Gasteiger partial charge in [-0.2, -0.15) is 0 Å². The van der Waals surface area contributed by atoms with Crippen LogP contribution in [0.15, 0.2) is 66.7 Å². The Morgan fingerprint density at radius 1 is 1.03 bits per heavy atom. The van der Waals surface area contributed by atoms with E-state index in [0.717, 1.165) is 25.1 Å². The van der Waals surface area contributed by atoms with Crippen molar-refractivity contribution in [3.8, 4) is 11.3 Å². The first-order valence-corrected chi connectivity index (χ1v) is 9.80. The summed E-state index contributed by atoms with van der Waals surface area (Å²) in [4.78, 5) is 4.22. The molecule has 1 aromatic heterocycles. The van der Waals surface area contributed by atoms with Gasteiger partial charge in [-0.25, -0.2) is 4.39 Å². The number of aliphatic hydroxyl groups is 1. The van der Waals surface area contributed by atoms with Gasteiger partial charge in [0, 0.05) is 38.8 Å². The lowest BCUT2D eigenvalue weighted by Crippen LogP contribution is -2.44. The van der Waals surface area contributed by atoms with Gasteiger partial charge in [0.15, 0.2) is 5.82 Å². The fraction of sp³-hybridized carbons (Fsp3) is 0.304. The van der Waals surface area contributed by atoms with Gasteiger partial charge in [-0.1, -0.05) is 30.3 Å². The predicted octanol–water partition coefficient (Wildman–Crippen LogP) is 3.36. The summed E-state index contributed by atoms with van der Waals surface area (Å²) in [6.07, 6.45) is 0.727. The topological polar surface area (TPSA) is 52.5 Å². The summed E-state index contributed by atoms with van der Waals surface area (Å²) < 4.78 is 13.1. The number of aromatic nitrogens is 2. The van der Waals surface area contributed by atoms with Crippen LogP contribution in [0, 0.1) is 5.82 Å². The van der Waals surface area contributed by atoms with Crippen molar-refractivity contribution in [2.75, 3.05) is 31.6 Å². The molecule has 1 fully saturated rings. The molecule has 2 heterocycles. The van der Waals surface area contributed by atoms with Gasteiger partial charge in [0.2, 0.25) is 0 Å². The van der Waals surface area contributed by atoms with Gasteiger partial charge in [0.1, 0.15) is 5.82 Å². The van der Waals surface area contributed by atoms with E-state index < -0.39 is 5.60 Å². The molecule has 1 N–H and O–H groups in total. The molecular weight excluding hydrogens is 367 g/mol. The quantitative estimate of drug-likeness (QED) is 0.697. The lowest BCUT2D eigenvalue weighted by Gasteiger charge is -2.29. The van der Waals surface area contributed by atoms with Crippen molar-refractivity contribution in [3.05, 3.63) is 78.1 Å². The first-order chi connectivity index (χ1) is 14.0. The second kappa shape index (κ2) is 8.27. The van der Waals surface area contributed by atoms with Crippen LogP contribution >= 0.6 is 0 Å². The molecule has 0 amide bonds. The summed E-state index contributed by atoms with van der Waals surface area (Å²) in [6, 6.07) is 20.3. The first kappa shape index (κ1) is 19.5. The maximum absolute atomic E-state index is 13.1. The number of rotatable bonds is 6. The molecule has 1 aliphatic rings. The third-order valence-corrected chi connectivity index (χ3v) is 5.37. The molecular formula is C23H25FN4O. The second-order valence-corrected chi connectivity index (χ2v) is 7.81. The van der Waals surface area contributed by atoms with Crippen LogP contribution < -0.4 is 4.90 Å². The van der Waals surface area contributed by atoms with Crippen LogP contribution in [0.25, 0.3) is 11.3 Å². The molecule has 29 heavy (non-hydrogen) atoms. The molecule has 4 rings (SSSR count). The van der Waals surface area contributed by atoms with Crippen molar-refractivity contribution in [2.24, 2.45) is 0 Å². The van der Waals surface area contributed by atoms with Crippen LogP contribution in [0.2, 0.25) is 0 Å². The molecule has 150 valence electrons. The molecule has 0 spiro atoms. The molecule has 0 saturated carbocycles. The second-order valence-electron chi connectivity index (χ2n) is 7.81. The van der Waals surface area contributed by atoms with Crippen LogP contribution in [0.1, 0.15) is 12.0 Å². The first-order valence-electron chi connectivity index (χ1n) is 9.80. The van der Waals surface area contributed by atoms with Crippen LogP contribution in [0.4, 0.5) is 10.2 Å². The van der Waals surface area contributed by atoms with Gasteiger partial charge in [-0.05, 0) is 48.4 Å². The lowest BCUT2D eigenvalue weighted by molar-refractivity contribution is 0.0561. The zero-order valence-electron chi connectivity index (χ0n) is 16.5. The Hall–Kier alpha value is -2.83. The minimum Gasteiger partial charge on any atom is -0.387 e. The van der Waals surface area contributed by atoms with Crippen LogP contribution in [-0.2, 0) is 6.54 Å². The van der Waals surface area contributed by atoms with Crippen LogP contribution in [-0.4, -0.2) is 52.5 Å². The van der Waals surface area contributed by atoms with E-state index in [1.54, 1.807) is 12.1 Å². The molecule has 1 atom stereocenters. The number of β-amino-alcohol motifs (C(OH)–C–C–N with tert-alkyl or cyclic N) is 1. The van der Waals surface area contributed by atoms with Crippen molar-refractivity contribution in [1.82, 2.24) is 15.1 Å². The fourth-order valence-electron chi connectivity index (χ4n) is 3.87. The Morgan fingerprint density at radius 3 is 2.48 bits per heavy atom. The van der Waals surface area contributed by atoms with Crippen molar-refractivity contribution < 1.29 is 9.50 Å². The number of likely N-dealkylation sites (N-methyl/N-ethyl adjacent to an activating group) is 1. The summed E-state index contributed by atoms with van der Waals surface area (Å²) in [5, 5.41) is 19.6. The SMILES string of the molecule is CN(CC1(O)CCN(Cc2ccccc2)C1)c1ccc(-c2ccc(F)cc2)nn1. The normalized spacial score (nSPS) is 19.4. The molecule has 0 aliphatic carbocycles. The van der Waals surface area contributed by atoms with Gasteiger partial charge in [-0.15, -0.1) is 10.2 Å². The summed E-state index contributed by atoms with van der Waals surface area (Å²) in [5.41, 5.74) is 1.99. The largest absolute Gasteiger partial charge is 0.387 e. The van der Waals surface area contributed by atoms with E-state index in [0.29, 0.717) is 24.6 Å². The maximum Gasteiger partial charge on any atom is 0.151 e. The molecule has 3 aromatic rings. The smallest absolute Gasteiger partial charge is 0.151 e. The van der Waals surface area contributed by atoms with Gasteiger partial charge < -0.3 is 10.0 Å². The Labute approximate surface area is 170 Å². The summed E-state index contributed by atoms with van der Waals surface area (Å²) in [6.45, 7) is 2.84. The van der Waals surface area contributed by atoms with Gasteiger partial charge in [0.25, 0.3) is 0 Å². The van der Waals surface area contributed by atoms with E-state index in [2.05, 4.69) is 27.2 Å². The van der Waals surface area contributed by atoms with E-state index in [1.807, 2.05) is 42.3 Å². The van der Waals surface area contributed by atoms with Crippen molar-refractivity contribution in [2.45, 2.75) is 18.6 Å². The highest BCUT2D eigenvalue weighted by atomic mass is 19.1. The zero-order valence-corrected chi connectivity index (χ0v) is 16.5. The number of hydrogen-bond donors (Lipinski definition) is 1. The molecule has 1 unspecified atom stereocenters. The van der Waals surface area contributed by atoms with Crippen LogP contribution in [0.3, 0.4) is 0 Å². The average Bonchev–Trinajstić information content (AvgIpc) is 3.09. The molecule has 1 saturated heterocycles. The minimum atomic E-state index is -0.777. The Bertz CT molecular complexity index is 933. The van der Waals surface area contributed by atoms with Gasteiger partial charge in [-0.3, -0.25) is 4.90 Å². The van der Waals surface area contributed by atoms with Crippen molar-refractivity contribution in [1.29, 1.82) is 0 Å². The Balaban J connectivity index is 1.37. The van der Waals surface area contributed by atoms with Crippen molar-refractivity contribution >= 4 is 5.82 Å². The number of benzene rings is 2. The lowest BCUT2D eigenvalue weighted by atomic mass is 10.0. The van der Waals surface area contributed by atoms with E-state index in [9.17, 15) is 9.50 Å². The fourth-order valence-corrected chi connectivity index (χ4v) is 3.87. The van der Waals surface area contributed by atoms with E-state index >= 15 is 0 Å².